The molecule has 0 radical (unpaired) electrons. The molecular formula is C17H24ClNO. The van der Waals surface area contributed by atoms with Gasteiger partial charge in [0.15, 0.2) is 0 Å². The highest BCUT2D eigenvalue weighted by Gasteiger charge is 2.26. The lowest BCUT2D eigenvalue weighted by atomic mass is 9.98. The molecule has 1 fully saturated rings. The summed E-state index contributed by atoms with van der Waals surface area (Å²) in [5, 5.41) is 3.08. The summed E-state index contributed by atoms with van der Waals surface area (Å²) in [4.78, 5) is 11.9. The summed E-state index contributed by atoms with van der Waals surface area (Å²) < 4.78 is 0. The van der Waals surface area contributed by atoms with Crippen LogP contribution in [0.4, 0.5) is 0 Å². The molecular weight excluding hydrogens is 270 g/mol. The molecule has 2 atom stereocenters. The molecule has 1 aromatic carbocycles. The van der Waals surface area contributed by atoms with Crippen LogP contribution in [-0.2, 0) is 11.2 Å². The minimum absolute atomic E-state index is 0.159. The molecule has 1 aromatic rings. The number of amides is 1. The van der Waals surface area contributed by atoms with E-state index in [1.165, 1.54) is 30.4 Å². The number of halogens is 1. The van der Waals surface area contributed by atoms with Gasteiger partial charge >= 0.3 is 0 Å². The second-order valence-electron chi connectivity index (χ2n) is 5.90. The lowest BCUT2D eigenvalue weighted by Gasteiger charge is -2.17. The van der Waals surface area contributed by atoms with Crippen LogP contribution in [0.3, 0.4) is 0 Å². The summed E-state index contributed by atoms with van der Waals surface area (Å²) in [5.74, 6) is 2.06. The number of hydrogen-bond donors (Lipinski definition) is 1. The highest BCUT2D eigenvalue weighted by atomic mass is 35.5. The SMILES string of the molecule is Cc1cccc(CCC(=O)NCC2CCCC2CCl)c1. The van der Waals surface area contributed by atoms with Crippen molar-refractivity contribution >= 4 is 17.5 Å². The van der Waals surface area contributed by atoms with E-state index in [1.807, 2.05) is 6.07 Å². The predicted octanol–water partition coefficient (Wildman–Crippen LogP) is 3.70. The van der Waals surface area contributed by atoms with Gasteiger partial charge in [-0.05, 0) is 43.6 Å². The quantitative estimate of drug-likeness (QED) is 0.796. The van der Waals surface area contributed by atoms with Crippen LogP contribution in [0.1, 0.15) is 36.8 Å². The van der Waals surface area contributed by atoms with E-state index in [0.29, 0.717) is 18.3 Å². The molecule has 2 unspecified atom stereocenters. The Labute approximate surface area is 126 Å². The summed E-state index contributed by atoms with van der Waals surface area (Å²) >= 11 is 5.96. The molecule has 1 saturated carbocycles. The fourth-order valence-electron chi connectivity index (χ4n) is 3.04. The second-order valence-corrected chi connectivity index (χ2v) is 6.21. The zero-order chi connectivity index (χ0) is 14.4. The molecule has 0 bridgehead atoms. The number of alkyl halides is 1. The Morgan fingerprint density at radius 3 is 2.90 bits per heavy atom. The van der Waals surface area contributed by atoms with Crippen molar-refractivity contribution in [2.24, 2.45) is 11.8 Å². The summed E-state index contributed by atoms with van der Waals surface area (Å²) in [6, 6.07) is 8.36. The van der Waals surface area contributed by atoms with Crippen LogP contribution in [0.25, 0.3) is 0 Å². The minimum atomic E-state index is 0.159. The zero-order valence-electron chi connectivity index (χ0n) is 12.2. The van der Waals surface area contributed by atoms with Gasteiger partial charge in [-0.3, -0.25) is 4.79 Å². The largest absolute Gasteiger partial charge is 0.356 e. The fourth-order valence-corrected chi connectivity index (χ4v) is 3.45. The smallest absolute Gasteiger partial charge is 0.220 e. The van der Waals surface area contributed by atoms with Gasteiger partial charge in [0, 0.05) is 18.8 Å². The van der Waals surface area contributed by atoms with E-state index in [4.69, 9.17) is 11.6 Å². The highest BCUT2D eigenvalue weighted by Crippen LogP contribution is 2.31. The van der Waals surface area contributed by atoms with Gasteiger partial charge in [-0.15, -0.1) is 11.6 Å². The first kappa shape index (κ1) is 15.4. The average Bonchev–Trinajstić information content (AvgIpc) is 2.90. The zero-order valence-corrected chi connectivity index (χ0v) is 13.0. The maximum Gasteiger partial charge on any atom is 0.220 e. The lowest BCUT2D eigenvalue weighted by Crippen LogP contribution is -2.31. The van der Waals surface area contributed by atoms with Gasteiger partial charge in [0.1, 0.15) is 0 Å². The standard InChI is InChI=1S/C17H24ClNO/c1-13-4-2-5-14(10-13)8-9-17(20)19-12-16-7-3-6-15(16)11-18/h2,4-5,10,15-16H,3,6-9,11-12H2,1H3,(H,19,20). The van der Waals surface area contributed by atoms with E-state index in [0.717, 1.165) is 18.8 Å². The first-order valence-corrected chi connectivity index (χ1v) is 8.10. The highest BCUT2D eigenvalue weighted by molar-refractivity contribution is 6.18. The van der Waals surface area contributed by atoms with Crippen molar-refractivity contribution < 1.29 is 4.79 Å². The number of hydrogen-bond acceptors (Lipinski definition) is 1. The molecule has 1 aliphatic rings. The number of carbonyl (C=O) groups excluding carboxylic acids is 1. The van der Waals surface area contributed by atoms with Gasteiger partial charge in [-0.25, -0.2) is 0 Å². The van der Waals surface area contributed by atoms with Crippen molar-refractivity contribution in [2.45, 2.75) is 39.0 Å². The molecule has 0 aliphatic heterocycles. The van der Waals surface area contributed by atoms with Crippen LogP contribution < -0.4 is 5.32 Å². The Morgan fingerprint density at radius 1 is 1.35 bits per heavy atom. The van der Waals surface area contributed by atoms with E-state index in [9.17, 15) is 4.79 Å². The topological polar surface area (TPSA) is 29.1 Å². The molecule has 0 heterocycles. The van der Waals surface area contributed by atoms with Crippen molar-refractivity contribution in [1.82, 2.24) is 5.32 Å². The molecule has 1 amide bonds. The Morgan fingerprint density at radius 2 is 2.15 bits per heavy atom. The molecule has 0 aromatic heterocycles. The maximum atomic E-state index is 11.9. The second kappa shape index (κ2) is 7.68. The summed E-state index contributed by atoms with van der Waals surface area (Å²) in [7, 11) is 0. The molecule has 1 aliphatic carbocycles. The molecule has 110 valence electrons. The number of rotatable bonds is 6. The van der Waals surface area contributed by atoms with E-state index >= 15 is 0 Å². The predicted molar refractivity (Wildman–Crippen MR) is 84.1 cm³/mol. The molecule has 2 rings (SSSR count). The maximum absolute atomic E-state index is 11.9. The van der Waals surface area contributed by atoms with Crippen LogP contribution in [0, 0.1) is 18.8 Å². The molecule has 0 spiro atoms. The van der Waals surface area contributed by atoms with Crippen molar-refractivity contribution in [3.05, 3.63) is 35.4 Å². The van der Waals surface area contributed by atoms with Gasteiger partial charge in [-0.1, -0.05) is 36.2 Å². The van der Waals surface area contributed by atoms with Crippen LogP contribution >= 0.6 is 11.6 Å². The monoisotopic (exact) mass is 293 g/mol. The first-order chi connectivity index (χ1) is 9.69. The third kappa shape index (κ3) is 4.52. The van der Waals surface area contributed by atoms with Crippen LogP contribution in [-0.4, -0.2) is 18.3 Å². The van der Waals surface area contributed by atoms with Gasteiger partial charge in [0.2, 0.25) is 5.91 Å². The summed E-state index contributed by atoms with van der Waals surface area (Å²) in [5.41, 5.74) is 2.48. The molecule has 20 heavy (non-hydrogen) atoms. The third-order valence-electron chi connectivity index (χ3n) is 4.30. The van der Waals surface area contributed by atoms with Gasteiger partial charge < -0.3 is 5.32 Å². The first-order valence-electron chi connectivity index (χ1n) is 7.57. The van der Waals surface area contributed by atoms with Gasteiger partial charge in [0.25, 0.3) is 0 Å². The third-order valence-corrected chi connectivity index (χ3v) is 4.70. The number of carbonyl (C=O) groups is 1. The molecule has 2 nitrogen and oxygen atoms in total. The van der Waals surface area contributed by atoms with E-state index in [2.05, 4.69) is 30.4 Å². The van der Waals surface area contributed by atoms with Crippen molar-refractivity contribution in [3.8, 4) is 0 Å². The number of aryl methyl sites for hydroxylation is 2. The summed E-state index contributed by atoms with van der Waals surface area (Å²) in [6.07, 6.45) is 5.06. The minimum Gasteiger partial charge on any atom is -0.356 e. The Balaban J connectivity index is 1.70. The van der Waals surface area contributed by atoms with Crippen LogP contribution in [0.5, 0.6) is 0 Å². The molecule has 3 heteroatoms. The fraction of sp³-hybridized carbons (Fsp3) is 0.588. The van der Waals surface area contributed by atoms with E-state index < -0.39 is 0 Å². The average molecular weight is 294 g/mol. The number of nitrogens with one attached hydrogen (secondary N) is 1. The summed E-state index contributed by atoms with van der Waals surface area (Å²) in [6.45, 7) is 2.87. The van der Waals surface area contributed by atoms with Crippen molar-refractivity contribution in [3.63, 3.8) is 0 Å². The Kier molecular flexibility index (Phi) is 5.90. The van der Waals surface area contributed by atoms with Crippen LogP contribution in [0.15, 0.2) is 24.3 Å². The number of benzene rings is 1. The normalized spacial score (nSPS) is 21.9. The molecule has 1 N–H and O–H groups in total. The Hall–Kier alpha value is -1.02. The Bertz CT molecular complexity index is 446. The van der Waals surface area contributed by atoms with Crippen molar-refractivity contribution in [2.75, 3.05) is 12.4 Å². The van der Waals surface area contributed by atoms with Gasteiger partial charge in [-0.2, -0.15) is 0 Å². The van der Waals surface area contributed by atoms with E-state index in [1.54, 1.807) is 0 Å². The van der Waals surface area contributed by atoms with Crippen LogP contribution in [0.2, 0.25) is 0 Å². The van der Waals surface area contributed by atoms with Crippen molar-refractivity contribution in [1.29, 1.82) is 0 Å². The van der Waals surface area contributed by atoms with Gasteiger partial charge in [0.05, 0.1) is 0 Å². The lowest BCUT2D eigenvalue weighted by molar-refractivity contribution is -0.121. The molecule has 0 saturated heterocycles. The van der Waals surface area contributed by atoms with E-state index in [-0.39, 0.29) is 5.91 Å².